The Morgan fingerprint density at radius 1 is 0.895 bits per heavy atom. The predicted octanol–water partition coefficient (Wildman–Crippen LogP) is 0.108. The fourth-order valence-electron chi connectivity index (χ4n) is 2.75. The first-order chi connectivity index (χ1) is 9.24. The molecule has 0 aliphatic carbocycles. The van der Waals surface area contributed by atoms with Crippen LogP contribution >= 0.6 is 0 Å². The van der Waals surface area contributed by atoms with Crippen LogP contribution in [0.2, 0.25) is 0 Å². The van der Waals surface area contributed by atoms with Crippen molar-refractivity contribution in [3.05, 3.63) is 0 Å². The molecule has 2 aliphatic heterocycles. The zero-order valence-corrected chi connectivity index (χ0v) is 12.0. The molecule has 0 radical (unpaired) electrons. The maximum atomic E-state index is 7.62. The predicted molar refractivity (Wildman–Crippen MR) is 71.7 cm³/mol. The summed E-state index contributed by atoms with van der Waals surface area (Å²) in [6.07, 6.45) is 0.360. The van der Waals surface area contributed by atoms with Gasteiger partial charge in [0.2, 0.25) is 0 Å². The summed E-state index contributed by atoms with van der Waals surface area (Å²) >= 11 is 0. The summed E-state index contributed by atoms with van der Waals surface area (Å²) in [5.74, 6) is 0. The Hall–Kier alpha value is -0.780. The van der Waals surface area contributed by atoms with Crippen LogP contribution in [-0.2, 0) is 9.47 Å². The van der Waals surface area contributed by atoms with E-state index in [2.05, 4.69) is 29.7 Å². The first-order valence-electron chi connectivity index (χ1n) is 7.08. The number of ether oxygens (including phenoxy) is 2. The van der Waals surface area contributed by atoms with Crippen LogP contribution in [0.15, 0.2) is 0 Å². The second-order valence-electron chi connectivity index (χ2n) is 5.08. The fraction of sp³-hybridized carbons (Fsp3) is 0.923. The molecule has 0 amide bonds. The first kappa shape index (κ1) is 14.6. The molecular weight excluding hydrogens is 244 g/mol. The van der Waals surface area contributed by atoms with Gasteiger partial charge in [-0.25, -0.2) is 0 Å². The minimum atomic E-state index is 0.180. The molecule has 0 aromatic heterocycles. The smallest absolute Gasteiger partial charge is 0.306 e. The van der Waals surface area contributed by atoms with Crippen molar-refractivity contribution < 1.29 is 14.0 Å². The molecule has 6 nitrogen and oxygen atoms in total. The van der Waals surface area contributed by atoms with Crippen molar-refractivity contribution in [3.63, 3.8) is 0 Å². The lowest BCUT2D eigenvalue weighted by Crippen LogP contribution is -2.55. The summed E-state index contributed by atoms with van der Waals surface area (Å²) in [5.41, 5.74) is 0. The number of morpholine rings is 2. The van der Waals surface area contributed by atoms with E-state index < -0.39 is 0 Å². The SMILES string of the molecule is CC(N1CCOCC1)[N+](=C=N)C(C)N1CCOCC1. The van der Waals surface area contributed by atoms with Gasteiger partial charge in [-0.15, -0.1) is 0 Å². The second-order valence-corrected chi connectivity index (χ2v) is 5.08. The maximum Gasteiger partial charge on any atom is 0.306 e. The van der Waals surface area contributed by atoms with Crippen LogP contribution in [0.3, 0.4) is 0 Å². The van der Waals surface area contributed by atoms with Gasteiger partial charge in [0.05, 0.1) is 26.4 Å². The average molecular weight is 269 g/mol. The molecule has 2 unspecified atom stereocenters. The summed E-state index contributed by atoms with van der Waals surface area (Å²) in [5, 5.41) is 7.62. The van der Waals surface area contributed by atoms with E-state index in [4.69, 9.17) is 14.9 Å². The third kappa shape index (κ3) is 3.61. The molecule has 0 bridgehead atoms. The van der Waals surface area contributed by atoms with Gasteiger partial charge >= 0.3 is 6.01 Å². The second kappa shape index (κ2) is 7.12. The Kier molecular flexibility index (Phi) is 5.48. The molecule has 0 saturated carbocycles. The third-order valence-electron chi connectivity index (χ3n) is 4.08. The van der Waals surface area contributed by atoms with Crippen LogP contribution < -0.4 is 0 Å². The standard InChI is InChI=1S/C13H25N4O2/c1-12(15-3-7-18-8-4-15)17(11-14)13(2)16-5-9-19-10-6-16/h12-14H,3-10H2,1-2H3/q+1. The summed E-state index contributed by atoms with van der Waals surface area (Å²) < 4.78 is 12.8. The van der Waals surface area contributed by atoms with E-state index in [0.717, 1.165) is 52.6 Å². The van der Waals surface area contributed by atoms with Gasteiger partial charge < -0.3 is 9.47 Å². The highest BCUT2D eigenvalue weighted by Crippen LogP contribution is 2.11. The third-order valence-corrected chi connectivity index (χ3v) is 4.08. The van der Waals surface area contributed by atoms with Crippen LogP contribution in [0.5, 0.6) is 0 Å². The van der Waals surface area contributed by atoms with E-state index in [0.29, 0.717) is 0 Å². The highest BCUT2D eigenvalue weighted by atomic mass is 16.5. The van der Waals surface area contributed by atoms with Crippen molar-refractivity contribution >= 4 is 6.01 Å². The lowest BCUT2D eigenvalue weighted by Gasteiger charge is -2.36. The largest absolute Gasteiger partial charge is 0.379 e. The van der Waals surface area contributed by atoms with Crippen molar-refractivity contribution in [2.45, 2.75) is 26.2 Å². The molecule has 0 aromatic carbocycles. The minimum absolute atomic E-state index is 0.180. The Morgan fingerprint density at radius 2 is 1.26 bits per heavy atom. The molecule has 2 fully saturated rings. The van der Waals surface area contributed by atoms with Gasteiger partial charge in [0, 0.05) is 26.2 Å². The molecule has 6 heteroatoms. The van der Waals surface area contributed by atoms with Gasteiger partial charge in [0.25, 0.3) is 0 Å². The summed E-state index contributed by atoms with van der Waals surface area (Å²) in [7, 11) is 0. The van der Waals surface area contributed by atoms with Crippen LogP contribution in [0.4, 0.5) is 0 Å². The number of nitrogens with one attached hydrogen (secondary N) is 1. The van der Waals surface area contributed by atoms with Gasteiger partial charge in [-0.05, 0) is 13.8 Å². The van der Waals surface area contributed by atoms with Crippen molar-refractivity contribution in [2.24, 2.45) is 0 Å². The summed E-state index contributed by atoms with van der Waals surface area (Å²) in [6, 6.07) is 2.61. The van der Waals surface area contributed by atoms with Crippen molar-refractivity contribution in [1.29, 1.82) is 5.41 Å². The highest BCUT2D eigenvalue weighted by Gasteiger charge is 2.30. The van der Waals surface area contributed by atoms with E-state index in [1.165, 1.54) is 0 Å². The Bertz CT molecular complexity index is 306. The molecule has 0 spiro atoms. The van der Waals surface area contributed by atoms with Crippen molar-refractivity contribution in [2.75, 3.05) is 52.6 Å². The normalized spacial score (nSPS) is 25.6. The van der Waals surface area contributed by atoms with Gasteiger partial charge in [-0.2, -0.15) is 4.58 Å². The number of hydrogen-bond acceptors (Lipinski definition) is 5. The van der Waals surface area contributed by atoms with Crippen molar-refractivity contribution in [3.8, 4) is 0 Å². The van der Waals surface area contributed by atoms with E-state index in [-0.39, 0.29) is 12.3 Å². The lowest BCUT2D eigenvalue weighted by atomic mass is 10.3. The van der Waals surface area contributed by atoms with Gasteiger partial charge in [0.1, 0.15) is 0 Å². The molecule has 0 aromatic rings. The molecule has 2 rings (SSSR count). The topological polar surface area (TPSA) is 51.8 Å². The zero-order chi connectivity index (χ0) is 13.7. The zero-order valence-electron chi connectivity index (χ0n) is 12.0. The molecule has 1 N–H and O–H groups in total. The van der Waals surface area contributed by atoms with E-state index in [9.17, 15) is 0 Å². The van der Waals surface area contributed by atoms with Gasteiger partial charge in [0.15, 0.2) is 12.3 Å². The summed E-state index contributed by atoms with van der Waals surface area (Å²) in [6.45, 7) is 11.1. The quantitative estimate of drug-likeness (QED) is 0.581. The van der Waals surface area contributed by atoms with Crippen LogP contribution in [-0.4, -0.2) is 85.3 Å². The number of rotatable bonds is 4. The van der Waals surface area contributed by atoms with Gasteiger partial charge in [-0.1, -0.05) is 5.41 Å². The van der Waals surface area contributed by atoms with Gasteiger partial charge in [-0.3, -0.25) is 9.80 Å². The fourth-order valence-corrected chi connectivity index (χ4v) is 2.75. The van der Waals surface area contributed by atoms with Crippen LogP contribution in [0.1, 0.15) is 13.8 Å². The number of nitrogens with zero attached hydrogens (tertiary/aromatic N) is 3. The molecule has 2 aliphatic rings. The maximum absolute atomic E-state index is 7.62. The molecular formula is C13H25N4O2+. The molecule has 2 atom stereocenters. The molecule has 19 heavy (non-hydrogen) atoms. The average Bonchev–Trinajstić information content (AvgIpc) is 2.49. The Labute approximate surface area is 115 Å². The highest BCUT2D eigenvalue weighted by molar-refractivity contribution is 5.28. The van der Waals surface area contributed by atoms with E-state index >= 15 is 0 Å². The van der Waals surface area contributed by atoms with E-state index in [1.807, 2.05) is 4.58 Å². The molecule has 2 heterocycles. The van der Waals surface area contributed by atoms with Crippen LogP contribution in [0, 0.1) is 5.41 Å². The lowest BCUT2D eigenvalue weighted by molar-refractivity contribution is -0.634. The molecule has 108 valence electrons. The van der Waals surface area contributed by atoms with E-state index in [1.54, 1.807) is 0 Å². The Balaban J connectivity index is 1.99. The minimum Gasteiger partial charge on any atom is -0.379 e. The van der Waals surface area contributed by atoms with Crippen molar-refractivity contribution in [1.82, 2.24) is 9.80 Å². The monoisotopic (exact) mass is 269 g/mol. The Morgan fingerprint density at radius 3 is 1.58 bits per heavy atom. The first-order valence-corrected chi connectivity index (χ1v) is 7.08. The van der Waals surface area contributed by atoms with Crippen LogP contribution in [0.25, 0.3) is 0 Å². The number of hydrogen-bond donors (Lipinski definition) is 1. The molecule has 2 saturated heterocycles. The summed E-state index contributed by atoms with van der Waals surface area (Å²) in [4.78, 5) is 4.70.